The van der Waals surface area contributed by atoms with Crippen molar-refractivity contribution in [2.45, 2.75) is 19.8 Å². The number of nitrogens with zero attached hydrogens (tertiary/aromatic N) is 3. The Balaban J connectivity index is 2.51. The third-order valence-electron chi connectivity index (χ3n) is 2.92. The summed E-state index contributed by atoms with van der Waals surface area (Å²) in [5, 5.41) is 3.10. The second kappa shape index (κ2) is 4.67. The third kappa shape index (κ3) is 1.92. The van der Waals surface area contributed by atoms with E-state index in [4.69, 9.17) is 0 Å². The molecule has 98 valence electrons. The summed E-state index contributed by atoms with van der Waals surface area (Å²) in [5.74, 6) is 0.525. The number of aromatic amines is 1. The zero-order valence-electron chi connectivity index (χ0n) is 10.8. The Morgan fingerprint density at radius 2 is 2.00 bits per heavy atom. The highest BCUT2D eigenvalue weighted by molar-refractivity contribution is 5.72. The van der Waals surface area contributed by atoms with Crippen LogP contribution in [0.3, 0.4) is 0 Å². The molecule has 2 heterocycles. The SMILES string of the molecule is CCCCNc1nc2c([nH]1)c(=O)n(C)c(=O)n2C. The topological polar surface area (TPSA) is 84.7 Å². The van der Waals surface area contributed by atoms with Crippen LogP contribution >= 0.6 is 0 Å². The molecule has 7 nitrogen and oxygen atoms in total. The predicted octanol–water partition coefficient (Wildman–Crippen LogP) is 0.172. The molecule has 0 bridgehead atoms. The maximum absolute atomic E-state index is 11.9. The van der Waals surface area contributed by atoms with E-state index >= 15 is 0 Å². The van der Waals surface area contributed by atoms with E-state index in [0.717, 1.165) is 24.0 Å². The number of aromatic nitrogens is 4. The molecule has 2 rings (SSSR count). The van der Waals surface area contributed by atoms with Crippen LogP contribution in [0.2, 0.25) is 0 Å². The third-order valence-corrected chi connectivity index (χ3v) is 2.92. The van der Waals surface area contributed by atoms with Crippen LogP contribution < -0.4 is 16.6 Å². The Hall–Kier alpha value is -2.05. The van der Waals surface area contributed by atoms with Crippen LogP contribution in [0, 0.1) is 0 Å². The standard InChI is InChI=1S/C11H17N5O2/c1-4-5-6-12-10-13-7-8(14-10)15(2)11(18)16(3)9(7)17/h4-6H2,1-3H3,(H2,12,13,14). The lowest BCUT2D eigenvalue weighted by molar-refractivity contribution is 0.709. The number of anilines is 1. The Morgan fingerprint density at radius 3 is 2.67 bits per heavy atom. The summed E-state index contributed by atoms with van der Waals surface area (Å²) in [6, 6.07) is 0. The normalized spacial score (nSPS) is 11.1. The average molecular weight is 251 g/mol. The van der Waals surface area contributed by atoms with Crippen molar-refractivity contribution in [3.63, 3.8) is 0 Å². The Kier molecular flexibility index (Phi) is 3.22. The molecule has 0 aliphatic carbocycles. The molecule has 0 saturated heterocycles. The molecular formula is C11H17N5O2. The predicted molar refractivity (Wildman–Crippen MR) is 70.0 cm³/mol. The van der Waals surface area contributed by atoms with Crippen molar-refractivity contribution in [3.8, 4) is 0 Å². The number of hydrogen-bond donors (Lipinski definition) is 2. The summed E-state index contributed by atoms with van der Waals surface area (Å²) in [6.45, 7) is 2.88. The first-order valence-corrected chi connectivity index (χ1v) is 5.95. The molecular weight excluding hydrogens is 234 g/mol. The minimum Gasteiger partial charge on any atom is -0.356 e. The molecule has 0 radical (unpaired) electrons. The first-order chi connectivity index (χ1) is 8.56. The van der Waals surface area contributed by atoms with E-state index in [9.17, 15) is 9.59 Å². The van der Waals surface area contributed by atoms with Gasteiger partial charge in [0.2, 0.25) is 5.95 Å². The van der Waals surface area contributed by atoms with Crippen LogP contribution in [0.1, 0.15) is 19.8 Å². The molecule has 7 heteroatoms. The largest absolute Gasteiger partial charge is 0.356 e. The lowest BCUT2D eigenvalue weighted by Gasteiger charge is -2.00. The van der Waals surface area contributed by atoms with Gasteiger partial charge in [0.25, 0.3) is 5.56 Å². The molecule has 0 atom stereocenters. The molecule has 18 heavy (non-hydrogen) atoms. The molecule has 0 amide bonds. The van der Waals surface area contributed by atoms with Crippen molar-refractivity contribution in [2.75, 3.05) is 11.9 Å². The summed E-state index contributed by atoms with van der Waals surface area (Å²) in [7, 11) is 3.05. The zero-order valence-corrected chi connectivity index (χ0v) is 10.8. The first-order valence-electron chi connectivity index (χ1n) is 5.95. The summed E-state index contributed by atoms with van der Waals surface area (Å²) in [6.07, 6.45) is 2.10. The monoisotopic (exact) mass is 251 g/mol. The van der Waals surface area contributed by atoms with E-state index in [1.165, 1.54) is 11.6 Å². The quantitative estimate of drug-likeness (QED) is 0.759. The van der Waals surface area contributed by atoms with Crippen LogP contribution in [0.25, 0.3) is 11.2 Å². The maximum atomic E-state index is 11.9. The van der Waals surface area contributed by atoms with Gasteiger partial charge in [-0.05, 0) is 6.42 Å². The van der Waals surface area contributed by atoms with Gasteiger partial charge < -0.3 is 10.3 Å². The minimum atomic E-state index is -0.376. The first kappa shape index (κ1) is 12.4. The summed E-state index contributed by atoms with van der Waals surface area (Å²) >= 11 is 0. The van der Waals surface area contributed by atoms with E-state index < -0.39 is 0 Å². The zero-order chi connectivity index (χ0) is 13.3. The Bertz CT molecular complexity index is 679. The number of rotatable bonds is 4. The van der Waals surface area contributed by atoms with Crippen LogP contribution in [-0.4, -0.2) is 25.6 Å². The Labute approximate surface area is 103 Å². The van der Waals surface area contributed by atoms with Gasteiger partial charge in [0, 0.05) is 20.6 Å². The molecule has 0 unspecified atom stereocenters. The van der Waals surface area contributed by atoms with Crippen molar-refractivity contribution >= 4 is 17.1 Å². The van der Waals surface area contributed by atoms with Crippen LogP contribution in [0.4, 0.5) is 5.95 Å². The van der Waals surface area contributed by atoms with Gasteiger partial charge in [0.05, 0.1) is 0 Å². The van der Waals surface area contributed by atoms with Crippen molar-refractivity contribution < 1.29 is 0 Å². The number of H-pyrrole nitrogens is 1. The minimum absolute atomic E-state index is 0.346. The summed E-state index contributed by atoms with van der Waals surface area (Å²) < 4.78 is 2.43. The van der Waals surface area contributed by atoms with Gasteiger partial charge in [-0.25, -0.2) is 4.79 Å². The van der Waals surface area contributed by atoms with E-state index in [1.807, 2.05) is 0 Å². The van der Waals surface area contributed by atoms with Crippen molar-refractivity contribution in [3.05, 3.63) is 20.8 Å². The van der Waals surface area contributed by atoms with Gasteiger partial charge >= 0.3 is 5.69 Å². The summed E-state index contributed by atoms with van der Waals surface area (Å²) in [4.78, 5) is 30.8. The van der Waals surface area contributed by atoms with Crippen LogP contribution in [0.5, 0.6) is 0 Å². The van der Waals surface area contributed by atoms with Gasteiger partial charge in [0.15, 0.2) is 11.2 Å². The number of aryl methyl sites for hydroxylation is 1. The highest BCUT2D eigenvalue weighted by Crippen LogP contribution is 2.08. The molecule has 2 aromatic rings. The van der Waals surface area contributed by atoms with Crippen LogP contribution in [-0.2, 0) is 14.1 Å². The number of fused-ring (bicyclic) bond motifs is 1. The average Bonchev–Trinajstić information content (AvgIpc) is 2.78. The lowest BCUT2D eigenvalue weighted by Crippen LogP contribution is -2.36. The van der Waals surface area contributed by atoms with E-state index in [0.29, 0.717) is 17.1 Å². The highest BCUT2D eigenvalue weighted by Gasteiger charge is 2.12. The van der Waals surface area contributed by atoms with Crippen LogP contribution in [0.15, 0.2) is 9.59 Å². The van der Waals surface area contributed by atoms with Gasteiger partial charge in [-0.3, -0.25) is 13.9 Å². The van der Waals surface area contributed by atoms with Gasteiger partial charge in [0.1, 0.15) is 0 Å². The molecule has 0 saturated carbocycles. The molecule has 0 fully saturated rings. The molecule has 2 aromatic heterocycles. The highest BCUT2D eigenvalue weighted by atomic mass is 16.2. The molecule has 0 aromatic carbocycles. The second-order valence-electron chi connectivity index (χ2n) is 4.27. The fourth-order valence-corrected chi connectivity index (χ4v) is 1.79. The van der Waals surface area contributed by atoms with Gasteiger partial charge in [-0.1, -0.05) is 13.3 Å². The fraction of sp³-hybridized carbons (Fsp3) is 0.545. The fourth-order valence-electron chi connectivity index (χ4n) is 1.79. The number of unbranched alkanes of at least 4 members (excludes halogenated alkanes) is 1. The van der Waals surface area contributed by atoms with E-state index in [2.05, 4.69) is 22.2 Å². The Morgan fingerprint density at radius 1 is 1.28 bits per heavy atom. The van der Waals surface area contributed by atoms with Gasteiger partial charge in [-0.2, -0.15) is 4.98 Å². The molecule has 2 N–H and O–H groups in total. The molecule has 0 spiro atoms. The van der Waals surface area contributed by atoms with Crippen molar-refractivity contribution in [2.24, 2.45) is 14.1 Å². The maximum Gasteiger partial charge on any atom is 0.332 e. The number of imidazole rings is 1. The lowest BCUT2D eigenvalue weighted by atomic mass is 10.3. The van der Waals surface area contributed by atoms with Crippen molar-refractivity contribution in [1.82, 2.24) is 19.1 Å². The number of nitrogens with one attached hydrogen (secondary N) is 2. The second-order valence-corrected chi connectivity index (χ2v) is 4.27. The molecule has 0 aliphatic rings. The van der Waals surface area contributed by atoms with Gasteiger partial charge in [-0.15, -0.1) is 0 Å². The smallest absolute Gasteiger partial charge is 0.332 e. The van der Waals surface area contributed by atoms with Crippen molar-refractivity contribution in [1.29, 1.82) is 0 Å². The van der Waals surface area contributed by atoms with E-state index in [1.54, 1.807) is 7.05 Å². The number of hydrogen-bond acceptors (Lipinski definition) is 4. The molecule has 0 aliphatic heterocycles. The summed E-state index contributed by atoms with van der Waals surface area (Å²) in [5.41, 5.74) is -0.0102. The van der Waals surface area contributed by atoms with E-state index in [-0.39, 0.29) is 11.2 Å².